The first-order chi connectivity index (χ1) is 7.93. The maximum atomic E-state index is 11.9. The molecular weight excluding hydrogens is 274 g/mol. The fraction of sp³-hybridized carbons (Fsp3) is 0.545. The van der Waals surface area contributed by atoms with Crippen LogP contribution in [-0.2, 0) is 10.0 Å². The monoisotopic (exact) mass is 293 g/mol. The van der Waals surface area contributed by atoms with Crippen LogP contribution in [0.5, 0.6) is 0 Å². The Bertz CT molecular complexity index is 447. The molecule has 0 aliphatic carbocycles. The highest BCUT2D eigenvalue weighted by molar-refractivity contribution is 7.89. The van der Waals surface area contributed by atoms with E-state index in [4.69, 9.17) is 5.73 Å². The quantitative estimate of drug-likeness (QED) is 0.828. The highest BCUT2D eigenvalue weighted by Crippen LogP contribution is 2.12. The second kappa shape index (κ2) is 7.04. The molecule has 0 saturated carbocycles. The molecule has 1 heterocycles. The van der Waals surface area contributed by atoms with Crippen LogP contribution in [0.4, 0.5) is 0 Å². The molecule has 1 rings (SSSR count). The van der Waals surface area contributed by atoms with E-state index in [-0.39, 0.29) is 23.8 Å². The van der Waals surface area contributed by atoms with Crippen LogP contribution < -0.4 is 10.5 Å². The molecule has 1 aromatic rings. The summed E-state index contributed by atoms with van der Waals surface area (Å²) in [6.07, 6.45) is 4.29. The Hall–Kier alpha value is -0.690. The number of aromatic nitrogens is 1. The minimum atomic E-state index is -3.51. The largest absolute Gasteiger partial charge is 0.324 e. The van der Waals surface area contributed by atoms with Crippen LogP contribution in [0, 0.1) is 0 Å². The Morgan fingerprint density at radius 1 is 1.39 bits per heavy atom. The molecular formula is C11H20ClN3O2S. The third-order valence-electron chi connectivity index (χ3n) is 2.97. The molecule has 18 heavy (non-hydrogen) atoms. The molecule has 0 aliphatic heterocycles. The minimum absolute atomic E-state index is 0. The summed E-state index contributed by atoms with van der Waals surface area (Å²) in [7, 11) is -3.51. The first-order valence-corrected chi connectivity index (χ1v) is 7.10. The Morgan fingerprint density at radius 3 is 2.44 bits per heavy atom. The van der Waals surface area contributed by atoms with Gasteiger partial charge in [-0.15, -0.1) is 12.4 Å². The maximum absolute atomic E-state index is 11.9. The molecule has 0 radical (unpaired) electrons. The average molecular weight is 294 g/mol. The Morgan fingerprint density at radius 2 is 2.00 bits per heavy atom. The zero-order valence-electron chi connectivity index (χ0n) is 10.6. The molecule has 0 bridgehead atoms. The van der Waals surface area contributed by atoms with E-state index >= 15 is 0 Å². The lowest BCUT2D eigenvalue weighted by Crippen LogP contribution is -2.49. The fourth-order valence-electron chi connectivity index (χ4n) is 1.33. The van der Waals surface area contributed by atoms with Crippen molar-refractivity contribution in [3.05, 3.63) is 24.5 Å². The number of hydrogen-bond acceptors (Lipinski definition) is 4. The lowest BCUT2D eigenvalue weighted by atomic mass is 9.95. The highest BCUT2D eigenvalue weighted by Gasteiger charge is 2.23. The van der Waals surface area contributed by atoms with Gasteiger partial charge in [0, 0.05) is 24.5 Å². The van der Waals surface area contributed by atoms with Gasteiger partial charge >= 0.3 is 0 Å². The number of nitrogens with one attached hydrogen (secondary N) is 1. The first-order valence-electron chi connectivity index (χ1n) is 5.62. The van der Waals surface area contributed by atoms with Crippen molar-refractivity contribution in [2.24, 2.45) is 5.73 Å². The van der Waals surface area contributed by atoms with Crippen LogP contribution in [0.15, 0.2) is 29.4 Å². The average Bonchev–Trinajstić information content (AvgIpc) is 2.37. The Labute approximate surface area is 115 Å². The maximum Gasteiger partial charge on any atom is 0.242 e. The molecule has 104 valence electrons. The van der Waals surface area contributed by atoms with Crippen molar-refractivity contribution in [3.63, 3.8) is 0 Å². The number of rotatable bonds is 6. The van der Waals surface area contributed by atoms with Crippen LogP contribution in [0.1, 0.15) is 26.7 Å². The van der Waals surface area contributed by atoms with Crippen LogP contribution in [-0.4, -0.2) is 25.5 Å². The van der Waals surface area contributed by atoms with Gasteiger partial charge in [-0.3, -0.25) is 4.98 Å². The van der Waals surface area contributed by atoms with Crippen LogP contribution in [0.25, 0.3) is 0 Å². The Kier molecular flexibility index (Phi) is 6.77. The standard InChI is InChI=1S/C11H19N3O2S.ClH/c1-3-11(12,4-2)9-14-17(15,16)10-6-5-7-13-8-10;/h5-8,14H,3-4,9,12H2,1-2H3;1H. The van der Waals surface area contributed by atoms with Gasteiger partial charge in [-0.2, -0.15) is 0 Å². The number of pyridine rings is 1. The van der Waals surface area contributed by atoms with Gasteiger partial charge in [-0.1, -0.05) is 13.8 Å². The summed E-state index contributed by atoms with van der Waals surface area (Å²) in [4.78, 5) is 3.95. The van der Waals surface area contributed by atoms with Crippen molar-refractivity contribution in [2.75, 3.05) is 6.54 Å². The summed E-state index contributed by atoms with van der Waals surface area (Å²) >= 11 is 0. The molecule has 1 aromatic heterocycles. The number of nitrogens with two attached hydrogens (primary N) is 1. The van der Waals surface area contributed by atoms with Gasteiger partial charge < -0.3 is 5.73 Å². The summed E-state index contributed by atoms with van der Waals surface area (Å²) in [5.41, 5.74) is 5.55. The predicted molar refractivity (Wildman–Crippen MR) is 74.2 cm³/mol. The molecule has 0 atom stereocenters. The third kappa shape index (κ3) is 4.53. The minimum Gasteiger partial charge on any atom is -0.324 e. The van der Waals surface area contributed by atoms with Gasteiger partial charge in [0.25, 0.3) is 0 Å². The lowest BCUT2D eigenvalue weighted by molar-refractivity contribution is 0.391. The van der Waals surface area contributed by atoms with Crippen LogP contribution in [0.3, 0.4) is 0 Å². The second-order valence-electron chi connectivity index (χ2n) is 4.08. The van der Waals surface area contributed by atoms with E-state index in [0.717, 1.165) is 12.8 Å². The van der Waals surface area contributed by atoms with Gasteiger partial charge in [0.15, 0.2) is 0 Å². The topological polar surface area (TPSA) is 85.1 Å². The number of halogens is 1. The molecule has 0 unspecified atom stereocenters. The lowest BCUT2D eigenvalue weighted by Gasteiger charge is -2.26. The van der Waals surface area contributed by atoms with E-state index in [9.17, 15) is 8.42 Å². The summed E-state index contributed by atoms with van der Waals surface area (Å²) in [6, 6.07) is 3.09. The third-order valence-corrected chi connectivity index (χ3v) is 4.35. The summed E-state index contributed by atoms with van der Waals surface area (Å²) in [6.45, 7) is 4.13. The second-order valence-corrected chi connectivity index (χ2v) is 5.85. The van der Waals surface area contributed by atoms with E-state index in [1.165, 1.54) is 18.5 Å². The first kappa shape index (κ1) is 17.3. The van der Waals surface area contributed by atoms with Crippen molar-refractivity contribution >= 4 is 22.4 Å². The summed E-state index contributed by atoms with van der Waals surface area (Å²) < 4.78 is 26.3. The smallest absolute Gasteiger partial charge is 0.242 e. The van der Waals surface area contributed by atoms with Crippen molar-refractivity contribution in [2.45, 2.75) is 37.1 Å². The normalized spacial score (nSPS) is 11.9. The van der Waals surface area contributed by atoms with E-state index < -0.39 is 15.6 Å². The van der Waals surface area contributed by atoms with Gasteiger partial charge in [0.1, 0.15) is 4.90 Å². The van der Waals surface area contributed by atoms with Crippen LogP contribution >= 0.6 is 12.4 Å². The SMILES string of the molecule is CCC(N)(CC)CNS(=O)(=O)c1cccnc1.Cl. The number of sulfonamides is 1. The van der Waals surface area contributed by atoms with Crippen molar-refractivity contribution in [1.29, 1.82) is 0 Å². The highest BCUT2D eigenvalue weighted by atomic mass is 35.5. The fourth-order valence-corrected chi connectivity index (χ4v) is 2.43. The molecule has 0 amide bonds. The molecule has 0 fully saturated rings. The van der Waals surface area contributed by atoms with Gasteiger partial charge in [0.05, 0.1) is 0 Å². The van der Waals surface area contributed by atoms with Gasteiger partial charge in [-0.25, -0.2) is 13.1 Å². The molecule has 0 aromatic carbocycles. The predicted octanol–water partition coefficient (Wildman–Crippen LogP) is 1.30. The molecule has 0 saturated heterocycles. The molecule has 3 N–H and O–H groups in total. The van der Waals surface area contributed by atoms with Gasteiger partial charge in [0.2, 0.25) is 10.0 Å². The summed E-state index contributed by atoms with van der Waals surface area (Å²) in [5.74, 6) is 0. The van der Waals surface area contributed by atoms with Crippen molar-refractivity contribution in [3.8, 4) is 0 Å². The van der Waals surface area contributed by atoms with Gasteiger partial charge in [-0.05, 0) is 25.0 Å². The van der Waals surface area contributed by atoms with Crippen molar-refractivity contribution < 1.29 is 8.42 Å². The Balaban J connectivity index is 0.00000289. The zero-order valence-corrected chi connectivity index (χ0v) is 12.2. The number of nitrogens with zero attached hydrogens (tertiary/aromatic N) is 1. The number of hydrogen-bond donors (Lipinski definition) is 2. The molecule has 7 heteroatoms. The van der Waals surface area contributed by atoms with Crippen LogP contribution in [0.2, 0.25) is 0 Å². The molecule has 5 nitrogen and oxygen atoms in total. The molecule has 0 spiro atoms. The molecule has 0 aliphatic rings. The van der Waals surface area contributed by atoms with E-state index in [1.54, 1.807) is 6.07 Å². The zero-order chi connectivity index (χ0) is 12.9. The van der Waals surface area contributed by atoms with E-state index in [2.05, 4.69) is 9.71 Å². The van der Waals surface area contributed by atoms with E-state index in [1.807, 2.05) is 13.8 Å². The van der Waals surface area contributed by atoms with Crippen molar-refractivity contribution in [1.82, 2.24) is 9.71 Å². The van der Waals surface area contributed by atoms with E-state index in [0.29, 0.717) is 0 Å². The summed E-state index contributed by atoms with van der Waals surface area (Å²) in [5, 5.41) is 0.